The highest BCUT2D eigenvalue weighted by Crippen LogP contribution is 2.40. The molecular weight excluding hydrogens is 540 g/mol. The van der Waals surface area contributed by atoms with E-state index in [1.54, 1.807) is 34.9 Å². The molecule has 1 aliphatic carbocycles. The number of methoxy groups -OCH3 is 2. The number of aromatic nitrogens is 2. The van der Waals surface area contributed by atoms with Gasteiger partial charge in [-0.05, 0) is 61.2 Å². The van der Waals surface area contributed by atoms with Crippen molar-refractivity contribution in [3.05, 3.63) is 76.8 Å². The number of nitrogens with one attached hydrogen (secondary N) is 1. The van der Waals surface area contributed by atoms with Crippen LogP contribution >= 0.6 is 11.6 Å². The van der Waals surface area contributed by atoms with Crippen molar-refractivity contribution in [3.8, 4) is 17.1 Å². The maximum Gasteiger partial charge on any atom is 0.337 e. The zero-order valence-electron chi connectivity index (χ0n) is 22.0. The predicted octanol–water partition coefficient (Wildman–Crippen LogP) is 7.19. The lowest BCUT2D eigenvalue weighted by molar-refractivity contribution is -0.121. The van der Waals surface area contributed by atoms with Gasteiger partial charge in [-0.15, -0.1) is 0 Å². The van der Waals surface area contributed by atoms with Crippen LogP contribution in [-0.2, 0) is 9.53 Å². The molecule has 0 bridgehead atoms. The Bertz CT molecular complexity index is 1570. The van der Waals surface area contributed by atoms with Gasteiger partial charge >= 0.3 is 5.97 Å². The summed E-state index contributed by atoms with van der Waals surface area (Å²) in [5, 5.41) is 3.48. The number of nitrogens with zero attached hydrogens (tertiary/aromatic N) is 2. The number of anilines is 1. The second-order valence-electron chi connectivity index (χ2n) is 9.81. The second-order valence-corrected chi connectivity index (χ2v) is 10.2. The fourth-order valence-corrected chi connectivity index (χ4v) is 5.54. The van der Waals surface area contributed by atoms with Crippen LogP contribution in [0.25, 0.3) is 22.4 Å². The third-order valence-electron chi connectivity index (χ3n) is 7.36. The van der Waals surface area contributed by atoms with E-state index in [4.69, 9.17) is 21.1 Å². The number of benzene rings is 3. The molecule has 1 amide bonds. The van der Waals surface area contributed by atoms with Crippen LogP contribution in [0.3, 0.4) is 0 Å². The molecule has 4 aromatic rings. The summed E-state index contributed by atoms with van der Waals surface area (Å²) in [6, 6.07) is 12.8. The maximum absolute atomic E-state index is 14.6. The quantitative estimate of drug-likeness (QED) is 0.239. The van der Waals surface area contributed by atoms with Crippen LogP contribution in [0.4, 0.5) is 14.5 Å². The highest BCUT2D eigenvalue weighted by atomic mass is 35.5. The lowest BCUT2D eigenvalue weighted by Gasteiger charge is -2.32. The predicted molar refractivity (Wildman–Crippen MR) is 149 cm³/mol. The van der Waals surface area contributed by atoms with Crippen molar-refractivity contribution in [2.45, 2.75) is 38.1 Å². The van der Waals surface area contributed by atoms with E-state index in [2.05, 4.69) is 10.3 Å². The number of carbonyl (C=O) groups excluding carboxylic acids is 2. The van der Waals surface area contributed by atoms with Crippen LogP contribution in [0, 0.1) is 17.6 Å². The van der Waals surface area contributed by atoms with Crippen LogP contribution in [-0.4, -0.2) is 35.6 Å². The van der Waals surface area contributed by atoms with Gasteiger partial charge in [0, 0.05) is 22.7 Å². The van der Waals surface area contributed by atoms with Crippen molar-refractivity contribution >= 4 is 40.2 Å². The molecule has 40 heavy (non-hydrogen) atoms. The smallest absolute Gasteiger partial charge is 0.337 e. The molecule has 1 saturated carbocycles. The van der Waals surface area contributed by atoms with Crippen molar-refractivity contribution in [1.82, 2.24) is 9.55 Å². The number of hydrogen-bond acceptors (Lipinski definition) is 5. The lowest BCUT2D eigenvalue weighted by atomic mass is 9.83. The Morgan fingerprint density at radius 2 is 1.70 bits per heavy atom. The minimum atomic E-state index is -1.03. The first-order valence-electron chi connectivity index (χ1n) is 13.0. The van der Waals surface area contributed by atoms with Crippen LogP contribution in [0.5, 0.6) is 5.75 Å². The first-order chi connectivity index (χ1) is 19.3. The van der Waals surface area contributed by atoms with E-state index in [1.807, 2.05) is 0 Å². The molecule has 1 unspecified atom stereocenters. The fraction of sp³-hybridized carbons (Fsp3) is 0.300. The van der Waals surface area contributed by atoms with Crippen LogP contribution in [0.15, 0.2) is 54.6 Å². The highest BCUT2D eigenvalue weighted by molar-refractivity contribution is 6.30. The monoisotopic (exact) mass is 567 g/mol. The summed E-state index contributed by atoms with van der Waals surface area (Å²) in [6.45, 7) is 0. The van der Waals surface area contributed by atoms with Gasteiger partial charge in [0.05, 0.1) is 36.5 Å². The third kappa shape index (κ3) is 5.38. The van der Waals surface area contributed by atoms with Crippen molar-refractivity contribution in [1.29, 1.82) is 0 Å². The molecule has 1 aliphatic rings. The second kappa shape index (κ2) is 11.6. The van der Waals surface area contributed by atoms with Gasteiger partial charge in [-0.3, -0.25) is 4.79 Å². The normalized spacial score (nSPS) is 14.6. The summed E-state index contributed by atoms with van der Waals surface area (Å²) >= 11 is 6.12. The van der Waals surface area contributed by atoms with E-state index in [-0.39, 0.29) is 28.7 Å². The summed E-state index contributed by atoms with van der Waals surface area (Å²) < 4.78 is 40.8. The Hall–Kier alpha value is -3.98. The van der Waals surface area contributed by atoms with Crippen molar-refractivity contribution in [3.63, 3.8) is 0 Å². The largest absolute Gasteiger partial charge is 0.495 e. The van der Waals surface area contributed by atoms with Gasteiger partial charge in [-0.1, -0.05) is 30.9 Å². The molecule has 0 aliphatic heterocycles. The topological polar surface area (TPSA) is 82.5 Å². The Labute approximate surface area is 235 Å². The van der Waals surface area contributed by atoms with Gasteiger partial charge in [0.2, 0.25) is 5.91 Å². The summed E-state index contributed by atoms with van der Waals surface area (Å²) in [6.07, 6.45) is 4.50. The molecule has 3 aromatic carbocycles. The molecule has 1 N–H and O–H groups in total. The number of rotatable bonds is 7. The van der Waals surface area contributed by atoms with Gasteiger partial charge < -0.3 is 19.4 Å². The van der Waals surface area contributed by atoms with Gasteiger partial charge in [-0.2, -0.15) is 0 Å². The average molecular weight is 568 g/mol. The number of ether oxygens (including phenoxy) is 2. The number of carbonyl (C=O) groups is 2. The summed E-state index contributed by atoms with van der Waals surface area (Å²) in [4.78, 5) is 30.9. The Kier molecular flexibility index (Phi) is 8.02. The molecule has 208 valence electrons. The van der Waals surface area contributed by atoms with E-state index in [0.717, 1.165) is 44.2 Å². The Balaban J connectivity index is 1.65. The highest BCUT2D eigenvalue weighted by Gasteiger charge is 2.35. The maximum atomic E-state index is 14.6. The van der Waals surface area contributed by atoms with Crippen molar-refractivity contribution < 1.29 is 27.8 Å². The van der Waals surface area contributed by atoms with E-state index < -0.39 is 23.6 Å². The molecule has 1 heterocycles. The molecular formula is C30H28ClF2N3O4. The van der Waals surface area contributed by atoms with Gasteiger partial charge in [0.15, 0.2) is 11.6 Å². The average Bonchev–Trinajstić information content (AvgIpc) is 3.31. The van der Waals surface area contributed by atoms with E-state index in [1.165, 1.54) is 26.4 Å². The molecule has 0 saturated heterocycles. The molecule has 1 fully saturated rings. The number of imidazole rings is 1. The third-order valence-corrected chi connectivity index (χ3v) is 7.61. The number of esters is 1. The number of fused-ring (bicyclic) bond motifs is 1. The van der Waals surface area contributed by atoms with Crippen LogP contribution in [0.1, 0.15) is 48.5 Å². The SMILES string of the molecule is COC(=O)c1ccc(NC(=O)C(C2CCCCC2)n2c(-c3ccc(Cl)cc3)nc3cc(F)c(F)cc32)c(OC)c1. The molecule has 1 atom stereocenters. The van der Waals surface area contributed by atoms with E-state index in [9.17, 15) is 18.4 Å². The van der Waals surface area contributed by atoms with E-state index in [0.29, 0.717) is 27.6 Å². The lowest BCUT2D eigenvalue weighted by Crippen LogP contribution is -2.33. The van der Waals surface area contributed by atoms with Gasteiger partial charge in [0.25, 0.3) is 0 Å². The molecule has 0 spiro atoms. The molecule has 0 radical (unpaired) electrons. The van der Waals surface area contributed by atoms with Crippen molar-refractivity contribution in [2.24, 2.45) is 5.92 Å². The molecule has 10 heteroatoms. The van der Waals surface area contributed by atoms with Crippen LogP contribution < -0.4 is 10.1 Å². The number of halogens is 3. The van der Waals surface area contributed by atoms with Crippen molar-refractivity contribution in [2.75, 3.05) is 19.5 Å². The summed E-state index contributed by atoms with van der Waals surface area (Å²) in [5.41, 5.74) is 1.81. The van der Waals surface area contributed by atoms with Crippen LogP contribution in [0.2, 0.25) is 5.02 Å². The number of amides is 1. The Morgan fingerprint density at radius 1 is 1.00 bits per heavy atom. The first-order valence-corrected chi connectivity index (χ1v) is 13.4. The summed E-state index contributed by atoms with van der Waals surface area (Å²) in [5.74, 6) is -2.37. The zero-order valence-corrected chi connectivity index (χ0v) is 22.8. The zero-order chi connectivity index (χ0) is 28.4. The molecule has 7 nitrogen and oxygen atoms in total. The molecule has 1 aromatic heterocycles. The minimum Gasteiger partial charge on any atom is -0.495 e. The Morgan fingerprint density at radius 3 is 2.38 bits per heavy atom. The summed E-state index contributed by atoms with van der Waals surface area (Å²) in [7, 11) is 2.71. The standard InChI is InChI=1S/C30H28ClF2N3O4/c1-39-26-14-19(30(38)40-2)10-13-23(26)35-29(37)27(17-6-4-3-5-7-17)36-25-16-22(33)21(32)15-24(25)34-28(36)18-8-11-20(31)12-9-18/h8-17,27H,3-7H2,1-2H3,(H,35,37). The van der Waals surface area contributed by atoms with E-state index >= 15 is 0 Å². The minimum absolute atomic E-state index is 0.0920. The van der Waals surface area contributed by atoms with Gasteiger partial charge in [0.1, 0.15) is 17.6 Å². The number of hydrogen-bond donors (Lipinski definition) is 1. The first kappa shape index (κ1) is 27.6. The van der Waals surface area contributed by atoms with Gasteiger partial charge in [-0.25, -0.2) is 18.6 Å². The molecule has 5 rings (SSSR count). The fourth-order valence-electron chi connectivity index (χ4n) is 5.41.